The first-order valence-electron chi connectivity index (χ1n) is 5.16. The van der Waals surface area contributed by atoms with E-state index in [1.165, 1.54) is 14.2 Å². The van der Waals surface area contributed by atoms with E-state index in [9.17, 15) is 4.79 Å². The molecule has 18 heavy (non-hydrogen) atoms. The maximum absolute atomic E-state index is 11.6. The summed E-state index contributed by atoms with van der Waals surface area (Å²) >= 11 is 0. The fraction of sp³-hybridized carbons (Fsp3) is 0.167. The van der Waals surface area contributed by atoms with Crippen LogP contribution >= 0.6 is 0 Å². The van der Waals surface area contributed by atoms with E-state index < -0.39 is 5.97 Å². The van der Waals surface area contributed by atoms with E-state index in [1.54, 1.807) is 18.2 Å². The largest absolute Gasteiger partial charge is 0.496 e. The van der Waals surface area contributed by atoms with Crippen LogP contribution in [-0.2, 0) is 4.74 Å². The van der Waals surface area contributed by atoms with Crippen molar-refractivity contribution in [2.45, 2.75) is 0 Å². The molecular formula is C12H12N2O4. The van der Waals surface area contributed by atoms with Gasteiger partial charge in [-0.3, -0.25) is 0 Å². The zero-order valence-corrected chi connectivity index (χ0v) is 9.97. The number of hydrogen-bond acceptors (Lipinski definition) is 6. The molecule has 0 spiro atoms. The predicted molar refractivity (Wildman–Crippen MR) is 64.2 cm³/mol. The van der Waals surface area contributed by atoms with Crippen molar-refractivity contribution in [3.8, 4) is 16.9 Å². The van der Waals surface area contributed by atoms with Crippen LogP contribution in [0.15, 0.2) is 28.8 Å². The molecule has 2 rings (SSSR count). The van der Waals surface area contributed by atoms with Gasteiger partial charge >= 0.3 is 5.97 Å². The molecule has 0 saturated heterocycles. The number of benzene rings is 1. The molecule has 0 saturated carbocycles. The fourth-order valence-corrected chi connectivity index (χ4v) is 1.65. The number of carbonyl (C=O) groups is 1. The van der Waals surface area contributed by atoms with Gasteiger partial charge in [0.15, 0.2) is 0 Å². The van der Waals surface area contributed by atoms with Gasteiger partial charge in [0.25, 0.3) is 0 Å². The molecule has 0 aliphatic heterocycles. The lowest BCUT2D eigenvalue weighted by molar-refractivity contribution is 0.0590. The highest BCUT2D eigenvalue weighted by Crippen LogP contribution is 2.36. The summed E-state index contributed by atoms with van der Waals surface area (Å²) in [5.74, 6) is -0.00573. The van der Waals surface area contributed by atoms with E-state index in [0.29, 0.717) is 16.9 Å². The maximum atomic E-state index is 11.6. The van der Waals surface area contributed by atoms with Gasteiger partial charge < -0.3 is 19.7 Å². The molecule has 1 aromatic carbocycles. The molecule has 2 N–H and O–H groups in total. The molecule has 1 aromatic heterocycles. The molecule has 0 aliphatic carbocycles. The summed E-state index contributed by atoms with van der Waals surface area (Å²) in [5, 5.41) is 3.61. The van der Waals surface area contributed by atoms with Crippen LogP contribution in [0, 0.1) is 0 Å². The number of aromatic nitrogens is 1. The lowest BCUT2D eigenvalue weighted by Crippen LogP contribution is -2.04. The number of anilines is 1. The van der Waals surface area contributed by atoms with Crippen LogP contribution in [0.5, 0.6) is 5.75 Å². The number of methoxy groups -OCH3 is 2. The summed E-state index contributed by atoms with van der Waals surface area (Å²) in [4.78, 5) is 11.6. The first-order valence-corrected chi connectivity index (χ1v) is 5.16. The zero-order chi connectivity index (χ0) is 13.1. The number of hydrogen-bond donors (Lipinski definition) is 1. The molecule has 0 aliphatic rings. The molecule has 0 amide bonds. The van der Waals surface area contributed by atoms with E-state index >= 15 is 0 Å². The van der Waals surface area contributed by atoms with Crippen LogP contribution in [0.25, 0.3) is 11.1 Å². The van der Waals surface area contributed by atoms with E-state index in [-0.39, 0.29) is 11.6 Å². The van der Waals surface area contributed by atoms with Crippen molar-refractivity contribution in [3.05, 3.63) is 30.0 Å². The van der Waals surface area contributed by atoms with Crippen molar-refractivity contribution in [1.29, 1.82) is 0 Å². The first-order chi connectivity index (χ1) is 8.69. The summed E-state index contributed by atoms with van der Waals surface area (Å²) in [7, 11) is 2.79. The molecule has 0 fully saturated rings. The van der Waals surface area contributed by atoms with Gasteiger partial charge in [-0.05, 0) is 6.07 Å². The van der Waals surface area contributed by atoms with Crippen LogP contribution in [0.3, 0.4) is 0 Å². The zero-order valence-electron chi connectivity index (χ0n) is 9.97. The standard InChI is InChI=1S/C12H12N2O4/c1-16-8-6-4-3-5-7(8)9-10(12(15)17-2)14-18-11(9)13/h3-6H,13H2,1-2H3. The number of ether oxygens (including phenoxy) is 2. The van der Waals surface area contributed by atoms with Gasteiger partial charge in [0, 0.05) is 5.56 Å². The molecule has 0 unspecified atom stereocenters. The Kier molecular flexibility index (Phi) is 3.18. The molecule has 1 heterocycles. The number of rotatable bonds is 3. The number of carbonyl (C=O) groups excluding carboxylic acids is 1. The van der Waals surface area contributed by atoms with E-state index in [0.717, 1.165) is 0 Å². The van der Waals surface area contributed by atoms with Crippen LogP contribution in [0.4, 0.5) is 5.88 Å². The molecule has 6 nitrogen and oxygen atoms in total. The van der Waals surface area contributed by atoms with Gasteiger partial charge in [0.1, 0.15) is 5.75 Å². The van der Waals surface area contributed by atoms with Crippen molar-refractivity contribution in [1.82, 2.24) is 5.16 Å². The molecule has 94 valence electrons. The van der Waals surface area contributed by atoms with Crippen molar-refractivity contribution in [2.75, 3.05) is 20.0 Å². The molecule has 0 bridgehead atoms. The quantitative estimate of drug-likeness (QED) is 0.832. The molecule has 2 aromatic rings. The summed E-state index contributed by atoms with van der Waals surface area (Å²) < 4.78 is 14.7. The molecular weight excluding hydrogens is 236 g/mol. The van der Waals surface area contributed by atoms with Crippen LogP contribution in [0.2, 0.25) is 0 Å². The third-order valence-corrected chi connectivity index (χ3v) is 2.47. The molecule has 0 atom stereocenters. The van der Waals surface area contributed by atoms with Crippen molar-refractivity contribution in [3.63, 3.8) is 0 Å². The van der Waals surface area contributed by atoms with Crippen molar-refractivity contribution >= 4 is 11.9 Å². The summed E-state index contributed by atoms with van der Waals surface area (Å²) in [6.07, 6.45) is 0. The van der Waals surface area contributed by atoms with Gasteiger partial charge in [-0.15, -0.1) is 0 Å². The minimum Gasteiger partial charge on any atom is -0.496 e. The maximum Gasteiger partial charge on any atom is 0.361 e. The second kappa shape index (κ2) is 4.79. The number of nitrogens with zero attached hydrogens (tertiary/aromatic N) is 1. The van der Waals surface area contributed by atoms with Gasteiger partial charge in [0.05, 0.1) is 19.8 Å². The average Bonchev–Trinajstić information content (AvgIpc) is 2.79. The van der Waals surface area contributed by atoms with E-state index in [4.69, 9.17) is 15.0 Å². The second-order valence-corrected chi connectivity index (χ2v) is 3.46. The predicted octanol–water partition coefficient (Wildman–Crippen LogP) is 1.72. The average molecular weight is 248 g/mol. The minimum absolute atomic E-state index is 0.0273. The third kappa shape index (κ3) is 1.88. The second-order valence-electron chi connectivity index (χ2n) is 3.46. The van der Waals surface area contributed by atoms with Crippen molar-refractivity contribution in [2.24, 2.45) is 0 Å². The highest BCUT2D eigenvalue weighted by molar-refractivity contribution is 5.98. The SMILES string of the molecule is COC(=O)c1noc(N)c1-c1ccccc1OC. The van der Waals surface area contributed by atoms with Gasteiger partial charge in [-0.25, -0.2) is 4.79 Å². The Morgan fingerprint density at radius 1 is 1.33 bits per heavy atom. The van der Waals surface area contributed by atoms with Crippen LogP contribution < -0.4 is 10.5 Å². The van der Waals surface area contributed by atoms with Crippen LogP contribution in [-0.4, -0.2) is 25.3 Å². The number of esters is 1. The lowest BCUT2D eigenvalue weighted by Gasteiger charge is -2.07. The Hall–Kier alpha value is -2.50. The Morgan fingerprint density at radius 2 is 2.06 bits per heavy atom. The normalized spacial score (nSPS) is 10.1. The minimum atomic E-state index is -0.614. The highest BCUT2D eigenvalue weighted by Gasteiger charge is 2.24. The number of nitrogen functional groups attached to an aromatic ring is 1. The van der Waals surface area contributed by atoms with Gasteiger partial charge in [-0.1, -0.05) is 23.4 Å². The Balaban J connectivity index is 2.63. The monoisotopic (exact) mass is 248 g/mol. The van der Waals surface area contributed by atoms with E-state index in [1.807, 2.05) is 6.07 Å². The van der Waals surface area contributed by atoms with Crippen molar-refractivity contribution < 1.29 is 18.8 Å². The first kappa shape index (κ1) is 12.0. The Labute approximate surface area is 103 Å². The smallest absolute Gasteiger partial charge is 0.361 e. The highest BCUT2D eigenvalue weighted by atomic mass is 16.5. The fourth-order valence-electron chi connectivity index (χ4n) is 1.65. The summed E-state index contributed by atoms with van der Waals surface area (Å²) in [6.45, 7) is 0. The third-order valence-electron chi connectivity index (χ3n) is 2.47. The van der Waals surface area contributed by atoms with Crippen LogP contribution in [0.1, 0.15) is 10.5 Å². The lowest BCUT2D eigenvalue weighted by atomic mass is 10.0. The summed E-state index contributed by atoms with van der Waals surface area (Å²) in [5.41, 5.74) is 6.72. The van der Waals surface area contributed by atoms with E-state index in [2.05, 4.69) is 9.89 Å². The number of nitrogens with two attached hydrogens (primary N) is 1. The topological polar surface area (TPSA) is 87.6 Å². The molecule has 6 heteroatoms. The Morgan fingerprint density at radius 3 is 2.72 bits per heavy atom. The van der Waals surface area contributed by atoms with Gasteiger partial charge in [-0.2, -0.15) is 0 Å². The number of para-hydroxylation sites is 1. The van der Waals surface area contributed by atoms with Gasteiger partial charge in [0.2, 0.25) is 11.6 Å². The summed E-state index contributed by atoms with van der Waals surface area (Å²) in [6, 6.07) is 7.12. The molecule has 0 radical (unpaired) electrons. The Bertz CT molecular complexity index is 577.